The Balaban J connectivity index is 5.27. The van der Waals surface area contributed by atoms with Gasteiger partial charge in [0.05, 0.1) is 26.4 Å². The van der Waals surface area contributed by atoms with Crippen LogP contribution in [0.25, 0.3) is 0 Å². The normalized spacial score (nSPS) is 14.5. The van der Waals surface area contributed by atoms with Crippen molar-refractivity contribution in [2.24, 2.45) is 17.8 Å². The van der Waals surface area contributed by atoms with Gasteiger partial charge in [0.2, 0.25) is 0 Å². The molecule has 0 heterocycles. The summed E-state index contributed by atoms with van der Waals surface area (Å²) in [7, 11) is -9.93. The van der Waals surface area contributed by atoms with E-state index in [0.717, 1.165) is 127 Å². The maximum atomic E-state index is 13.1. The molecule has 0 bridgehead atoms. The number of aliphatic hydroxyl groups excluding tert-OH is 1. The van der Waals surface area contributed by atoms with Crippen LogP contribution in [0.15, 0.2) is 24.3 Å². The third-order valence-corrected chi connectivity index (χ3v) is 19.5. The van der Waals surface area contributed by atoms with E-state index in [1.807, 2.05) is 0 Å². The highest BCUT2D eigenvalue weighted by Crippen LogP contribution is 2.45. The first-order chi connectivity index (χ1) is 46.3. The molecule has 0 aromatic rings. The van der Waals surface area contributed by atoms with E-state index in [1.165, 1.54) is 161 Å². The number of phosphoric ester groups is 2. The topological polar surface area (TPSA) is 237 Å². The maximum absolute atomic E-state index is 13.1. The van der Waals surface area contributed by atoms with Crippen LogP contribution in [0.2, 0.25) is 0 Å². The van der Waals surface area contributed by atoms with Gasteiger partial charge >= 0.3 is 39.5 Å². The minimum absolute atomic E-state index is 0.0839. The predicted molar refractivity (Wildman–Crippen MR) is 390 cm³/mol. The lowest BCUT2D eigenvalue weighted by Gasteiger charge is -2.21. The van der Waals surface area contributed by atoms with Gasteiger partial charge in [-0.1, -0.05) is 317 Å². The van der Waals surface area contributed by atoms with Crippen LogP contribution in [0, 0.1) is 17.8 Å². The van der Waals surface area contributed by atoms with Crippen LogP contribution in [0.1, 0.15) is 370 Å². The standard InChI is InChI=1S/C77H146O17P2/c1-8-10-11-12-13-14-15-16-18-23-26-32-37-46-53-60-76(81)94-73(65-88-75(80)59-52-45-40-39-43-50-57-70(7)9-2)67-92-96(85,86)90-63-71(78)62-89-95(83,84)91-66-72(93-77(82)61-54-47-38-33-28-27-30-35-42-49-56-69(5)6)64-87-74(79)58-51-44-36-31-25-22-20-17-19-21-24-29-34-41-48-55-68(3)4/h14-16,18,68-73,78H,8-13,17,19-67H2,1-7H3,(H,83,84)(H,85,86)/b15-14-,18-16-/t70?,71-,72-,73-/m1/s1. The summed E-state index contributed by atoms with van der Waals surface area (Å²) in [5.41, 5.74) is 0. The fourth-order valence-electron chi connectivity index (χ4n) is 11.2. The number of carbonyl (C=O) groups excluding carboxylic acids is 4. The number of unbranched alkanes of at least 4 members (excludes halogenated alkanes) is 37. The Labute approximate surface area is 586 Å². The van der Waals surface area contributed by atoms with Crippen molar-refractivity contribution >= 4 is 39.5 Å². The molecule has 566 valence electrons. The second-order valence-electron chi connectivity index (χ2n) is 28.3. The third kappa shape index (κ3) is 68.7. The molecule has 3 unspecified atom stereocenters. The second kappa shape index (κ2) is 67.1. The Morgan fingerprint density at radius 1 is 0.344 bits per heavy atom. The number of phosphoric acid groups is 2. The first-order valence-corrected chi connectivity index (χ1v) is 42.2. The molecule has 0 aromatic carbocycles. The second-order valence-corrected chi connectivity index (χ2v) is 31.2. The van der Waals surface area contributed by atoms with Crippen molar-refractivity contribution in [3.8, 4) is 0 Å². The van der Waals surface area contributed by atoms with E-state index < -0.39 is 97.5 Å². The summed E-state index contributed by atoms with van der Waals surface area (Å²) >= 11 is 0. The lowest BCUT2D eigenvalue weighted by molar-refractivity contribution is -0.161. The number of hydrogen-bond acceptors (Lipinski definition) is 15. The van der Waals surface area contributed by atoms with Crippen LogP contribution in [0.3, 0.4) is 0 Å². The number of rotatable bonds is 73. The summed E-state index contributed by atoms with van der Waals surface area (Å²) in [6.45, 7) is 11.8. The number of hydrogen-bond donors (Lipinski definition) is 3. The molecule has 0 spiro atoms. The largest absolute Gasteiger partial charge is 0.472 e. The Bertz CT molecular complexity index is 1970. The SMILES string of the molecule is CCCCCC/C=C\C=C/CCCCCCCC(=O)O[C@H](COC(=O)CCCCCCCCC(C)CC)COP(=O)(O)OC[C@H](O)COP(=O)(O)OC[C@@H](COC(=O)CCCCCCCCCCCCCCCCCC(C)C)OC(=O)CCCCCCCCCCCCC(C)C. The van der Waals surface area contributed by atoms with Gasteiger partial charge in [-0.2, -0.15) is 0 Å². The number of carbonyl (C=O) groups is 4. The Hall–Kier alpha value is -2.46. The quantitative estimate of drug-likeness (QED) is 0.0169. The average molecular weight is 1410 g/mol. The zero-order valence-electron chi connectivity index (χ0n) is 62.3. The van der Waals surface area contributed by atoms with Gasteiger partial charge in [-0.15, -0.1) is 0 Å². The summed E-state index contributed by atoms with van der Waals surface area (Å²) in [4.78, 5) is 72.8. The predicted octanol–water partition coefficient (Wildman–Crippen LogP) is 22.1. The molecule has 0 aliphatic carbocycles. The highest BCUT2D eigenvalue weighted by atomic mass is 31.2. The summed E-state index contributed by atoms with van der Waals surface area (Å²) in [5.74, 6) is 0.134. The molecule has 96 heavy (non-hydrogen) atoms. The zero-order valence-corrected chi connectivity index (χ0v) is 64.1. The van der Waals surface area contributed by atoms with E-state index in [-0.39, 0.29) is 25.7 Å². The van der Waals surface area contributed by atoms with Crippen LogP contribution in [-0.2, 0) is 65.4 Å². The molecule has 3 N–H and O–H groups in total. The van der Waals surface area contributed by atoms with Crippen LogP contribution >= 0.6 is 15.6 Å². The summed E-state index contributed by atoms with van der Waals surface area (Å²) in [6.07, 6.45) is 56.3. The highest BCUT2D eigenvalue weighted by molar-refractivity contribution is 7.47. The molecule has 0 amide bonds. The van der Waals surface area contributed by atoms with Gasteiger partial charge in [-0.25, -0.2) is 9.13 Å². The smallest absolute Gasteiger partial charge is 0.462 e. The maximum Gasteiger partial charge on any atom is 0.472 e. The fourth-order valence-corrected chi connectivity index (χ4v) is 12.8. The first kappa shape index (κ1) is 93.5. The van der Waals surface area contributed by atoms with Crippen LogP contribution in [-0.4, -0.2) is 96.7 Å². The molecule has 19 heteroatoms. The summed E-state index contributed by atoms with van der Waals surface area (Å²) in [6, 6.07) is 0. The molecule has 0 aromatic heterocycles. The van der Waals surface area contributed by atoms with E-state index in [1.54, 1.807) is 0 Å². The van der Waals surface area contributed by atoms with Crippen LogP contribution in [0.5, 0.6) is 0 Å². The molecule has 0 fully saturated rings. The van der Waals surface area contributed by atoms with Gasteiger partial charge in [0, 0.05) is 25.7 Å². The van der Waals surface area contributed by atoms with E-state index in [4.69, 9.17) is 37.0 Å². The highest BCUT2D eigenvalue weighted by Gasteiger charge is 2.30. The van der Waals surface area contributed by atoms with E-state index in [2.05, 4.69) is 72.8 Å². The summed E-state index contributed by atoms with van der Waals surface area (Å²) in [5, 5.41) is 10.6. The molecular weight excluding hydrogens is 1260 g/mol. The molecule has 0 saturated carbocycles. The van der Waals surface area contributed by atoms with Gasteiger partial charge in [0.25, 0.3) is 0 Å². The lowest BCUT2D eigenvalue weighted by atomic mass is 10.00. The number of allylic oxidation sites excluding steroid dienone is 4. The zero-order chi connectivity index (χ0) is 70.9. The van der Waals surface area contributed by atoms with Gasteiger partial charge < -0.3 is 33.8 Å². The van der Waals surface area contributed by atoms with Crippen molar-refractivity contribution in [3.05, 3.63) is 24.3 Å². The van der Waals surface area contributed by atoms with Crippen molar-refractivity contribution in [2.75, 3.05) is 39.6 Å². The van der Waals surface area contributed by atoms with E-state index in [0.29, 0.717) is 25.7 Å². The van der Waals surface area contributed by atoms with Crippen LogP contribution in [0.4, 0.5) is 0 Å². The van der Waals surface area contributed by atoms with Crippen molar-refractivity contribution in [3.63, 3.8) is 0 Å². The van der Waals surface area contributed by atoms with Crippen molar-refractivity contribution in [1.82, 2.24) is 0 Å². The van der Waals surface area contributed by atoms with Crippen molar-refractivity contribution < 1.29 is 80.2 Å². The molecule has 6 atom stereocenters. The Morgan fingerprint density at radius 3 is 0.927 bits per heavy atom. The fraction of sp³-hybridized carbons (Fsp3) is 0.896. The molecule has 0 aliphatic heterocycles. The average Bonchev–Trinajstić information content (AvgIpc) is 3.71. The monoisotopic (exact) mass is 1410 g/mol. The van der Waals surface area contributed by atoms with Gasteiger partial charge in [-0.05, 0) is 69.1 Å². The number of aliphatic hydroxyl groups is 1. The minimum atomic E-state index is -4.96. The Kier molecular flexibility index (Phi) is 65.3. The lowest BCUT2D eigenvalue weighted by Crippen LogP contribution is -2.30. The van der Waals surface area contributed by atoms with Gasteiger partial charge in [0.15, 0.2) is 12.2 Å². The molecule has 0 rings (SSSR count). The number of ether oxygens (including phenoxy) is 4. The minimum Gasteiger partial charge on any atom is -0.462 e. The molecule has 0 saturated heterocycles. The number of esters is 4. The molecular formula is C77H146O17P2. The molecule has 0 aliphatic rings. The van der Waals surface area contributed by atoms with E-state index >= 15 is 0 Å². The van der Waals surface area contributed by atoms with Crippen molar-refractivity contribution in [1.29, 1.82) is 0 Å². The van der Waals surface area contributed by atoms with E-state index in [9.17, 15) is 43.2 Å². The van der Waals surface area contributed by atoms with Gasteiger partial charge in [0.1, 0.15) is 19.3 Å². The van der Waals surface area contributed by atoms with Crippen LogP contribution < -0.4 is 0 Å². The van der Waals surface area contributed by atoms with Gasteiger partial charge in [-0.3, -0.25) is 37.3 Å². The third-order valence-electron chi connectivity index (χ3n) is 17.6. The molecule has 17 nitrogen and oxygen atoms in total. The van der Waals surface area contributed by atoms with Crippen molar-refractivity contribution in [2.45, 2.75) is 388 Å². The Morgan fingerprint density at radius 2 is 0.615 bits per heavy atom. The first-order valence-electron chi connectivity index (χ1n) is 39.2. The summed E-state index contributed by atoms with van der Waals surface area (Å²) < 4.78 is 68.5. The molecule has 0 radical (unpaired) electrons.